The highest BCUT2D eigenvalue weighted by Crippen LogP contribution is 2.15. The van der Waals surface area contributed by atoms with Crippen molar-refractivity contribution >= 4 is 0 Å². The van der Waals surface area contributed by atoms with Gasteiger partial charge in [0.25, 0.3) is 5.56 Å². The number of nitrogens with one attached hydrogen (secondary N) is 1. The van der Waals surface area contributed by atoms with Gasteiger partial charge in [-0.25, -0.2) is 4.79 Å². The second kappa shape index (κ2) is 6.76. The van der Waals surface area contributed by atoms with E-state index in [1.165, 1.54) is 11.6 Å². The maximum Gasteiger partial charge on any atom is 0.330 e. The summed E-state index contributed by atoms with van der Waals surface area (Å²) in [5, 5.41) is 3.34. The fourth-order valence-corrected chi connectivity index (χ4v) is 2.79. The smallest absolute Gasteiger partial charge is 0.330 e. The Bertz CT molecular complexity index is 627. The average molecular weight is 310 g/mol. The van der Waals surface area contributed by atoms with Gasteiger partial charge in [0.1, 0.15) is 0 Å². The lowest BCUT2D eigenvalue weighted by molar-refractivity contribution is -0.00968. The summed E-state index contributed by atoms with van der Waals surface area (Å²) < 4.78 is 7.96. The molecule has 0 saturated carbocycles. The molecule has 0 bridgehead atoms. The van der Waals surface area contributed by atoms with E-state index in [1.807, 2.05) is 0 Å². The first-order valence-electron chi connectivity index (χ1n) is 7.62. The topological polar surface area (TPSA) is 68.5 Å². The SMILES string of the molecule is Cn1cc(CNCC(C)(C)N2CCOCC2)c(=O)n(C)c1=O. The van der Waals surface area contributed by atoms with Gasteiger partial charge in [0.15, 0.2) is 0 Å². The summed E-state index contributed by atoms with van der Waals surface area (Å²) in [6.07, 6.45) is 1.61. The minimum atomic E-state index is -0.303. The fraction of sp³-hybridized carbons (Fsp3) is 0.733. The highest BCUT2D eigenvalue weighted by atomic mass is 16.5. The molecule has 1 aromatic heterocycles. The monoisotopic (exact) mass is 310 g/mol. The van der Waals surface area contributed by atoms with Crippen molar-refractivity contribution in [1.29, 1.82) is 0 Å². The van der Waals surface area contributed by atoms with Crippen LogP contribution in [0.3, 0.4) is 0 Å². The minimum absolute atomic E-state index is 0.00429. The van der Waals surface area contributed by atoms with Crippen LogP contribution >= 0.6 is 0 Å². The number of rotatable bonds is 5. The summed E-state index contributed by atoms with van der Waals surface area (Å²) in [6, 6.07) is 0. The Morgan fingerprint density at radius 2 is 1.86 bits per heavy atom. The van der Waals surface area contributed by atoms with Gasteiger partial charge in [-0.2, -0.15) is 0 Å². The van der Waals surface area contributed by atoms with Gasteiger partial charge >= 0.3 is 5.69 Å². The van der Waals surface area contributed by atoms with E-state index in [-0.39, 0.29) is 16.8 Å². The second-order valence-electron chi connectivity index (χ2n) is 6.43. The number of aromatic nitrogens is 2. The lowest BCUT2D eigenvalue weighted by atomic mass is 10.0. The number of nitrogens with zero attached hydrogens (tertiary/aromatic N) is 3. The Morgan fingerprint density at radius 1 is 1.23 bits per heavy atom. The van der Waals surface area contributed by atoms with Crippen LogP contribution in [-0.4, -0.2) is 52.4 Å². The Hall–Kier alpha value is -1.44. The molecule has 1 aliphatic rings. The molecule has 1 aliphatic heterocycles. The predicted octanol–water partition coefficient (Wildman–Crippen LogP) is -0.716. The van der Waals surface area contributed by atoms with Crippen LogP contribution in [0.5, 0.6) is 0 Å². The number of hydrogen-bond acceptors (Lipinski definition) is 5. The van der Waals surface area contributed by atoms with Crippen LogP contribution in [0.2, 0.25) is 0 Å². The van der Waals surface area contributed by atoms with E-state index in [0.717, 1.165) is 37.4 Å². The van der Waals surface area contributed by atoms with E-state index in [4.69, 9.17) is 4.74 Å². The molecule has 1 saturated heterocycles. The number of morpholine rings is 1. The Labute approximate surface area is 130 Å². The molecule has 0 aromatic carbocycles. The van der Waals surface area contributed by atoms with E-state index in [1.54, 1.807) is 13.2 Å². The van der Waals surface area contributed by atoms with Crippen molar-refractivity contribution in [3.8, 4) is 0 Å². The van der Waals surface area contributed by atoms with E-state index < -0.39 is 0 Å². The third-order valence-corrected chi connectivity index (χ3v) is 4.26. The van der Waals surface area contributed by atoms with Gasteiger partial charge in [0.05, 0.1) is 13.2 Å². The normalized spacial score (nSPS) is 16.9. The van der Waals surface area contributed by atoms with Crippen molar-refractivity contribution in [2.24, 2.45) is 14.1 Å². The van der Waals surface area contributed by atoms with Gasteiger partial charge in [-0.05, 0) is 13.8 Å². The molecule has 2 rings (SSSR count). The molecule has 1 aromatic rings. The third-order valence-electron chi connectivity index (χ3n) is 4.26. The zero-order valence-electron chi connectivity index (χ0n) is 13.9. The van der Waals surface area contributed by atoms with Crippen LogP contribution in [-0.2, 0) is 25.4 Å². The van der Waals surface area contributed by atoms with Crippen molar-refractivity contribution in [1.82, 2.24) is 19.4 Å². The molecule has 7 nitrogen and oxygen atoms in total. The van der Waals surface area contributed by atoms with Crippen LogP contribution in [0.15, 0.2) is 15.8 Å². The molecule has 7 heteroatoms. The van der Waals surface area contributed by atoms with Gasteiger partial charge in [-0.15, -0.1) is 0 Å². The minimum Gasteiger partial charge on any atom is -0.379 e. The summed E-state index contributed by atoms with van der Waals surface area (Å²) in [5.41, 5.74) is 0.0555. The molecule has 1 fully saturated rings. The lowest BCUT2D eigenvalue weighted by Gasteiger charge is -2.41. The molecule has 124 valence electrons. The first-order valence-corrected chi connectivity index (χ1v) is 7.62. The van der Waals surface area contributed by atoms with Crippen molar-refractivity contribution in [2.75, 3.05) is 32.8 Å². The highest BCUT2D eigenvalue weighted by molar-refractivity contribution is 5.05. The van der Waals surface area contributed by atoms with Crippen LogP contribution in [0, 0.1) is 0 Å². The summed E-state index contributed by atoms with van der Waals surface area (Å²) in [7, 11) is 3.16. The molecule has 0 amide bonds. The maximum atomic E-state index is 12.1. The third kappa shape index (κ3) is 3.66. The fourth-order valence-electron chi connectivity index (χ4n) is 2.79. The highest BCUT2D eigenvalue weighted by Gasteiger charge is 2.27. The first-order chi connectivity index (χ1) is 10.3. The average Bonchev–Trinajstić information content (AvgIpc) is 2.51. The van der Waals surface area contributed by atoms with Gasteiger partial charge in [0.2, 0.25) is 0 Å². The quantitative estimate of drug-likeness (QED) is 0.778. The summed E-state index contributed by atoms with van der Waals surface area (Å²) >= 11 is 0. The molecule has 2 heterocycles. The van der Waals surface area contributed by atoms with Crippen molar-refractivity contribution in [3.05, 3.63) is 32.6 Å². The van der Waals surface area contributed by atoms with Gasteiger partial charge in [0, 0.05) is 57.6 Å². The predicted molar refractivity (Wildman–Crippen MR) is 85.1 cm³/mol. The second-order valence-corrected chi connectivity index (χ2v) is 6.43. The van der Waals surface area contributed by atoms with Crippen molar-refractivity contribution in [3.63, 3.8) is 0 Å². The Morgan fingerprint density at radius 3 is 2.50 bits per heavy atom. The molecule has 0 aliphatic carbocycles. The van der Waals surface area contributed by atoms with Crippen LogP contribution in [0.25, 0.3) is 0 Å². The summed E-state index contributed by atoms with van der Waals surface area (Å²) in [6.45, 7) is 8.98. The van der Waals surface area contributed by atoms with Gasteiger partial charge in [-0.3, -0.25) is 14.3 Å². The van der Waals surface area contributed by atoms with Gasteiger partial charge in [-0.1, -0.05) is 0 Å². The Kier molecular flexibility index (Phi) is 5.20. The lowest BCUT2D eigenvalue weighted by Crippen LogP contribution is -2.54. The zero-order chi connectivity index (χ0) is 16.3. The van der Waals surface area contributed by atoms with E-state index >= 15 is 0 Å². The number of aryl methyl sites for hydroxylation is 1. The van der Waals surface area contributed by atoms with Crippen LogP contribution < -0.4 is 16.6 Å². The molecule has 0 atom stereocenters. The van der Waals surface area contributed by atoms with Gasteiger partial charge < -0.3 is 14.6 Å². The molecule has 1 N–H and O–H groups in total. The molecular weight excluding hydrogens is 284 g/mol. The zero-order valence-corrected chi connectivity index (χ0v) is 13.9. The van der Waals surface area contributed by atoms with E-state index in [9.17, 15) is 9.59 Å². The molecule has 0 unspecified atom stereocenters. The standard InChI is InChI=1S/C15H26N4O3/c1-15(2,19-5-7-22-8-6-19)11-16-9-12-10-17(3)14(21)18(4)13(12)20/h10,16H,5-9,11H2,1-4H3. The van der Waals surface area contributed by atoms with Crippen molar-refractivity contribution < 1.29 is 4.74 Å². The maximum absolute atomic E-state index is 12.1. The summed E-state index contributed by atoms with van der Waals surface area (Å²) in [4.78, 5) is 26.1. The molecule has 0 spiro atoms. The largest absolute Gasteiger partial charge is 0.379 e. The van der Waals surface area contributed by atoms with Crippen LogP contribution in [0.4, 0.5) is 0 Å². The molecule has 22 heavy (non-hydrogen) atoms. The number of ether oxygens (including phenoxy) is 1. The number of hydrogen-bond donors (Lipinski definition) is 1. The molecule has 0 radical (unpaired) electrons. The van der Waals surface area contributed by atoms with Crippen LogP contribution in [0.1, 0.15) is 19.4 Å². The Balaban J connectivity index is 1.99. The van der Waals surface area contributed by atoms with E-state index in [2.05, 4.69) is 24.1 Å². The first kappa shape index (κ1) is 16.9. The summed E-state index contributed by atoms with van der Waals surface area (Å²) in [5.74, 6) is 0. The van der Waals surface area contributed by atoms with E-state index in [0.29, 0.717) is 12.1 Å². The van der Waals surface area contributed by atoms with Crippen molar-refractivity contribution in [2.45, 2.75) is 25.9 Å². The molecular formula is C15H26N4O3.